The molecule has 0 bridgehead atoms. The van der Waals surface area contributed by atoms with Crippen molar-refractivity contribution in [2.45, 2.75) is 38.3 Å². The maximum atomic E-state index is 4.32. The predicted octanol–water partition coefficient (Wildman–Crippen LogP) is 2.15. The van der Waals surface area contributed by atoms with E-state index in [1.54, 1.807) is 0 Å². The molecule has 1 saturated heterocycles. The number of hydrogen-bond acceptors (Lipinski definition) is 3. The number of hydrogen-bond donors (Lipinski definition) is 1. The fraction of sp³-hybridized carbons (Fsp3) is 0.769. The first-order chi connectivity index (χ1) is 8.36. The molecule has 3 rings (SSSR count). The van der Waals surface area contributed by atoms with Crippen LogP contribution in [-0.4, -0.2) is 33.9 Å². The lowest BCUT2D eigenvalue weighted by molar-refractivity contribution is 0.350. The Labute approximate surface area is 107 Å². The van der Waals surface area contributed by atoms with Crippen molar-refractivity contribution in [3.63, 3.8) is 0 Å². The summed E-state index contributed by atoms with van der Waals surface area (Å²) in [6.07, 6.45) is 9.43. The van der Waals surface area contributed by atoms with Crippen LogP contribution in [0.2, 0.25) is 0 Å². The van der Waals surface area contributed by atoms with Gasteiger partial charge in [-0.15, -0.1) is 0 Å². The summed E-state index contributed by atoms with van der Waals surface area (Å²) in [6.45, 7) is 2.27. The first kappa shape index (κ1) is 11.6. The molecule has 4 heteroatoms. The SMILES string of the molecule is c1cnn(CC2(CN[C@@H]3CCCSC3)CC2)c1. The van der Waals surface area contributed by atoms with Crippen LogP contribution in [0.5, 0.6) is 0 Å². The molecular weight excluding hydrogens is 230 g/mol. The second-order valence-electron chi connectivity index (χ2n) is 5.50. The largest absolute Gasteiger partial charge is 0.313 e. The summed E-state index contributed by atoms with van der Waals surface area (Å²) in [6, 6.07) is 2.77. The molecule has 1 aliphatic carbocycles. The molecule has 1 atom stereocenters. The Hall–Kier alpha value is -0.480. The van der Waals surface area contributed by atoms with Crippen LogP contribution in [0.15, 0.2) is 18.5 Å². The first-order valence-corrected chi connectivity index (χ1v) is 7.80. The summed E-state index contributed by atoms with van der Waals surface area (Å²) in [5, 5.41) is 8.10. The van der Waals surface area contributed by atoms with Crippen molar-refractivity contribution in [3.8, 4) is 0 Å². The van der Waals surface area contributed by atoms with Gasteiger partial charge in [0.2, 0.25) is 0 Å². The van der Waals surface area contributed by atoms with Crippen LogP contribution in [0.25, 0.3) is 0 Å². The van der Waals surface area contributed by atoms with Gasteiger partial charge in [0.05, 0.1) is 0 Å². The summed E-state index contributed by atoms with van der Waals surface area (Å²) in [5.74, 6) is 2.66. The van der Waals surface area contributed by atoms with E-state index in [0.717, 1.165) is 12.6 Å². The minimum atomic E-state index is 0.508. The van der Waals surface area contributed by atoms with E-state index in [2.05, 4.69) is 33.1 Å². The highest BCUT2D eigenvalue weighted by Gasteiger charge is 2.43. The van der Waals surface area contributed by atoms with Crippen molar-refractivity contribution >= 4 is 11.8 Å². The van der Waals surface area contributed by atoms with Crippen LogP contribution in [0.1, 0.15) is 25.7 Å². The van der Waals surface area contributed by atoms with Crippen LogP contribution in [0.3, 0.4) is 0 Å². The number of aromatic nitrogens is 2. The van der Waals surface area contributed by atoms with Gasteiger partial charge in [-0.25, -0.2) is 0 Å². The third-order valence-electron chi connectivity index (χ3n) is 3.94. The molecule has 1 aromatic rings. The lowest BCUT2D eigenvalue weighted by Gasteiger charge is -2.25. The summed E-state index contributed by atoms with van der Waals surface area (Å²) in [5.41, 5.74) is 0.508. The van der Waals surface area contributed by atoms with Crippen LogP contribution in [-0.2, 0) is 6.54 Å². The Morgan fingerprint density at radius 2 is 2.41 bits per heavy atom. The molecule has 1 N–H and O–H groups in total. The zero-order valence-corrected chi connectivity index (χ0v) is 11.1. The van der Waals surface area contributed by atoms with E-state index in [9.17, 15) is 0 Å². The molecule has 3 nitrogen and oxygen atoms in total. The second-order valence-corrected chi connectivity index (χ2v) is 6.65. The number of thioether (sulfide) groups is 1. The maximum absolute atomic E-state index is 4.32. The van der Waals surface area contributed by atoms with Crippen molar-refractivity contribution in [2.75, 3.05) is 18.1 Å². The average molecular weight is 251 g/mol. The lowest BCUT2D eigenvalue weighted by atomic mass is 10.1. The molecule has 17 heavy (non-hydrogen) atoms. The number of nitrogens with zero attached hydrogens (tertiary/aromatic N) is 2. The summed E-state index contributed by atoms with van der Waals surface area (Å²) < 4.78 is 2.09. The Bertz CT molecular complexity index is 340. The van der Waals surface area contributed by atoms with Crippen LogP contribution in [0, 0.1) is 5.41 Å². The van der Waals surface area contributed by atoms with Crippen LogP contribution < -0.4 is 5.32 Å². The van der Waals surface area contributed by atoms with Crippen molar-refractivity contribution in [1.82, 2.24) is 15.1 Å². The minimum Gasteiger partial charge on any atom is -0.313 e. The molecule has 2 heterocycles. The smallest absolute Gasteiger partial charge is 0.0489 e. The highest BCUT2D eigenvalue weighted by Crippen LogP contribution is 2.46. The quantitative estimate of drug-likeness (QED) is 0.869. The second kappa shape index (κ2) is 5.02. The molecule has 2 fully saturated rings. The van der Waals surface area contributed by atoms with Crippen LogP contribution in [0.4, 0.5) is 0 Å². The van der Waals surface area contributed by atoms with E-state index in [4.69, 9.17) is 0 Å². The Kier molecular flexibility index (Phi) is 3.43. The number of rotatable bonds is 5. The van der Waals surface area contributed by atoms with Gasteiger partial charge in [-0.2, -0.15) is 16.9 Å². The molecule has 0 radical (unpaired) electrons. The van der Waals surface area contributed by atoms with Crippen LogP contribution >= 0.6 is 11.8 Å². The molecule has 0 spiro atoms. The molecule has 0 amide bonds. The topological polar surface area (TPSA) is 29.9 Å². The summed E-state index contributed by atoms with van der Waals surface area (Å²) in [4.78, 5) is 0. The first-order valence-electron chi connectivity index (χ1n) is 6.65. The van der Waals surface area contributed by atoms with E-state index in [-0.39, 0.29) is 0 Å². The Balaban J connectivity index is 1.47. The third-order valence-corrected chi connectivity index (χ3v) is 5.16. The van der Waals surface area contributed by atoms with Gasteiger partial charge in [-0.1, -0.05) is 0 Å². The predicted molar refractivity (Wildman–Crippen MR) is 72.2 cm³/mol. The van der Waals surface area contributed by atoms with Gasteiger partial charge < -0.3 is 5.32 Å². The fourth-order valence-electron chi connectivity index (χ4n) is 2.57. The number of nitrogens with one attached hydrogen (secondary N) is 1. The van der Waals surface area contributed by atoms with Crippen molar-refractivity contribution in [2.24, 2.45) is 5.41 Å². The van der Waals surface area contributed by atoms with Gasteiger partial charge in [-0.05, 0) is 37.5 Å². The molecule has 1 saturated carbocycles. The molecule has 1 aliphatic heterocycles. The monoisotopic (exact) mass is 251 g/mol. The van der Waals surface area contributed by atoms with E-state index < -0.39 is 0 Å². The van der Waals surface area contributed by atoms with Gasteiger partial charge in [0.15, 0.2) is 0 Å². The molecule has 94 valence electrons. The van der Waals surface area contributed by atoms with E-state index in [0.29, 0.717) is 5.41 Å². The zero-order chi connectivity index (χ0) is 11.6. The Morgan fingerprint density at radius 3 is 3.06 bits per heavy atom. The zero-order valence-electron chi connectivity index (χ0n) is 10.3. The molecule has 0 unspecified atom stereocenters. The van der Waals surface area contributed by atoms with Crippen molar-refractivity contribution in [3.05, 3.63) is 18.5 Å². The van der Waals surface area contributed by atoms with Gasteiger partial charge in [0.1, 0.15) is 0 Å². The standard InChI is InChI=1S/C13H21N3S/c1-3-12(9-17-8-1)14-10-13(4-5-13)11-16-7-2-6-15-16/h2,6-7,12,14H,1,3-5,8-11H2/t12-/m1/s1. The lowest BCUT2D eigenvalue weighted by Crippen LogP contribution is -2.38. The average Bonchev–Trinajstić information content (AvgIpc) is 2.93. The minimum absolute atomic E-state index is 0.508. The van der Waals surface area contributed by atoms with Gasteiger partial charge in [0, 0.05) is 42.7 Å². The molecule has 1 aromatic heterocycles. The van der Waals surface area contributed by atoms with E-state index >= 15 is 0 Å². The highest BCUT2D eigenvalue weighted by atomic mass is 32.2. The molecular formula is C13H21N3S. The van der Waals surface area contributed by atoms with E-state index in [1.165, 1.54) is 43.7 Å². The summed E-state index contributed by atoms with van der Waals surface area (Å²) in [7, 11) is 0. The molecule has 0 aromatic carbocycles. The van der Waals surface area contributed by atoms with Gasteiger partial charge >= 0.3 is 0 Å². The summed E-state index contributed by atoms with van der Waals surface area (Å²) >= 11 is 2.10. The Morgan fingerprint density at radius 1 is 1.47 bits per heavy atom. The highest BCUT2D eigenvalue weighted by molar-refractivity contribution is 7.99. The fourth-order valence-corrected chi connectivity index (χ4v) is 3.67. The van der Waals surface area contributed by atoms with Crippen molar-refractivity contribution in [1.29, 1.82) is 0 Å². The van der Waals surface area contributed by atoms with Crippen molar-refractivity contribution < 1.29 is 0 Å². The van der Waals surface area contributed by atoms with Gasteiger partial charge in [0.25, 0.3) is 0 Å². The maximum Gasteiger partial charge on any atom is 0.0489 e. The van der Waals surface area contributed by atoms with E-state index in [1.807, 2.05) is 12.3 Å². The normalized spacial score (nSPS) is 26.9. The third kappa shape index (κ3) is 3.05. The van der Waals surface area contributed by atoms with Gasteiger partial charge in [-0.3, -0.25) is 4.68 Å². The molecule has 2 aliphatic rings.